The van der Waals surface area contributed by atoms with Gasteiger partial charge in [0.1, 0.15) is 11.7 Å². The first kappa shape index (κ1) is 17.9. The number of pyridine rings is 1. The maximum atomic E-state index is 11.8. The minimum absolute atomic E-state index is 0.194. The Bertz CT molecular complexity index is 663. The Labute approximate surface area is 142 Å². The number of hydrogen-bond acceptors (Lipinski definition) is 4. The van der Waals surface area contributed by atoms with E-state index in [1.54, 1.807) is 12.3 Å². The zero-order valence-corrected chi connectivity index (χ0v) is 14.5. The normalized spacial score (nSPS) is 13.9. The van der Waals surface area contributed by atoms with Gasteiger partial charge in [-0.1, -0.05) is 30.3 Å². The molecule has 0 saturated heterocycles. The topological polar surface area (TPSA) is 71.5 Å². The number of aliphatic hydroxyl groups is 1. The lowest BCUT2D eigenvalue weighted by atomic mass is 10.0. The summed E-state index contributed by atoms with van der Waals surface area (Å²) in [6.07, 6.45) is 0.432. The van der Waals surface area contributed by atoms with Gasteiger partial charge in [-0.05, 0) is 51.0 Å². The average molecular weight is 328 g/mol. The van der Waals surface area contributed by atoms with E-state index in [-0.39, 0.29) is 6.04 Å². The number of aliphatic hydroxyl groups excluding tert-OH is 1. The molecule has 1 aromatic heterocycles. The van der Waals surface area contributed by atoms with Crippen LogP contribution in [0, 0.1) is 0 Å². The van der Waals surface area contributed by atoms with E-state index in [4.69, 9.17) is 4.74 Å². The second-order valence-electron chi connectivity index (χ2n) is 6.69. The van der Waals surface area contributed by atoms with Crippen molar-refractivity contribution in [1.29, 1.82) is 0 Å². The molecule has 0 spiro atoms. The molecule has 5 nitrogen and oxygen atoms in total. The van der Waals surface area contributed by atoms with E-state index in [1.165, 1.54) is 0 Å². The van der Waals surface area contributed by atoms with E-state index in [0.717, 1.165) is 11.1 Å². The van der Waals surface area contributed by atoms with Gasteiger partial charge in [0.25, 0.3) is 0 Å². The van der Waals surface area contributed by atoms with Crippen molar-refractivity contribution >= 4 is 6.09 Å². The number of ether oxygens (including phenoxy) is 1. The maximum Gasteiger partial charge on any atom is 0.408 e. The first-order valence-electron chi connectivity index (χ1n) is 7.94. The van der Waals surface area contributed by atoms with Crippen molar-refractivity contribution in [2.45, 2.75) is 45.4 Å². The fraction of sp³-hybridized carbons (Fsp3) is 0.368. The molecule has 0 saturated carbocycles. The molecule has 0 aliphatic carbocycles. The lowest BCUT2D eigenvalue weighted by molar-refractivity contribution is 0.0508. The lowest BCUT2D eigenvalue weighted by Gasteiger charge is -2.22. The van der Waals surface area contributed by atoms with Gasteiger partial charge in [-0.2, -0.15) is 0 Å². The van der Waals surface area contributed by atoms with Crippen molar-refractivity contribution in [3.63, 3.8) is 0 Å². The van der Waals surface area contributed by atoms with E-state index in [2.05, 4.69) is 10.3 Å². The smallest absolute Gasteiger partial charge is 0.408 e. The first-order valence-corrected chi connectivity index (χ1v) is 7.94. The summed E-state index contributed by atoms with van der Waals surface area (Å²) < 4.78 is 5.25. The molecule has 2 rings (SSSR count). The molecule has 0 radical (unpaired) electrons. The molecule has 1 amide bonds. The Kier molecular flexibility index (Phi) is 5.57. The van der Waals surface area contributed by atoms with E-state index in [9.17, 15) is 9.90 Å². The number of rotatable bonds is 4. The van der Waals surface area contributed by atoms with Crippen LogP contribution in [0.1, 0.15) is 56.7 Å². The summed E-state index contributed by atoms with van der Waals surface area (Å²) in [5.74, 6) is 0. The van der Waals surface area contributed by atoms with Crippen LogP contribution < -0.4 is 5.32 Å². The lowest BCUT2D eigenvalue weighted by Crippen LogP contribution is -2.34. The molecule has 0 aliphatic rings. The van der Waals surface area contributed by atoms with Crippen LogP contribution in [0.5, 0.6) is 0 Å². The molecule has 0 fully saturated rings. The van der Waals surface area contributed by atoms with Crippen LogP contribution >= 0.6 is 0 Å². The maximum absolute atomic E-state index is 11.8. The summed E-state index contributed by atoms with van der Waals surface area (Å²) >= 11 is 0. The number of aromatic nitrogens is 1. The molecule has 2 atom stereocenters. The summed E-state index contributed by atoms with van der Waals surface area (Å²) in [5.41, 5.74) is 1.76. The highest BCUT2D eigenvalue weighted by molar-refractivity contribution is 5.68. The number of benzene rings is 1. The number of hydrogen-bond donors (Lipinski definition) is 2. The number of alkyl carbamates (subject to hydrolysis) is 1. The predicted molar refractivity (Wildman–Crippen MR) is 92.5 cm³/mol. The van der Waals surface area contributed by atoms with Gasteiger partial charge in [-0.3, -0.25) is 4.98 Å². The van der Waals surface area contributed by atoms with Gasteiger partial charge in [0.15, 0.2) is 0 Å². The Hall–Kier alpha value is -2.40. The number of nitrogens with zero attached hydrogens (tertiary/aromatic N) is 1. The Morgan fingerprint density at radius 2 is 1.75 bits per heavy atom. The van der Waals surface area contributed by atoms with Gasteiger partial charge >= 0.3 is 6.09 Å². The molecule has 24 heavy (non-hydrogen) atoms. The molecule has 5 heteroatoms. The van der Waals surface area contributed by atoms with Crippen molar-refractivity contribution in [2.75, 3.05) is 0 Å². The first-order chi connectivity index (χ1) is 11.3. The van der Waals surface area contributed by atoms with Crippen LogP contribution in [0.2, 0.25) is 0 Å². The summed E-state index contributed by atoms with van der Waals surface area (Å²) in [7, 11) is 0. The van der Waals surface area contributed by atoms with Crippen LogP contribution in [-0.4, -0.2) is 21.8 Å². The van der Waals surface area contributed by atoms with Crippen molar-refractivity contribution in [2.24, 2.45) is 0 Å². The highest BCUT2D eigenvalue weighted by Crippen LogP contribution is 2.22. The quantitative estimate of drug-likeness (QED) is 0.896. The van der Waals surface area contributed by atoms with Crippen LogP contribution in [-0.2, 0) is 4.74 Å². The summed E-state index contributed by atoms with van der Waals surface area (Å²) in [6.45, 7) is 7.36. The van der Waals surface area contributed by atoms with Gasteiger partial charge in [-0.25, -0.2) is 4.79 Å². The monoisotopic (exact) mass is 328 g/mol. The molecule has 1 unspecified atom stereocenters. The number of nitrogens with one attached hydrogen (secondary N) is 1. The van der Waals surface area contributed by atoms with Crippen LogP contribution in [0.3, 0.4) is 0 Å². The fourth-order valence-electron chi connectivity index (χ4n) is 2.24. The number of amides is 1. The Morgan fingerprint density at radius 3 is 2.29 bits per heavy atom. The predicted octanol–water partition coefficient (Wildman–Crippen LogP) is 3.75. The van der Waals surface area contributed by atoms with Gasteiger partial charge in [0.05, 0.1) is 11.7 Å². The van der Waals surface area contributed by atoms with Crippen LogP contribution in [0.4, 0.5) is 4.79 Å². The third-order valence-electron chi connectivity index (χ3n) is 3.45. The third-order valence-corrected chi connectivity index (χ3v) is 3.45. The third kappa shape index (κ3) is 5.06. The van der Waals surface area contributed by atoms with Crippen molar-refractivity contribution in [1.82, 2.24) is 10.3 Å². The molecule has 1 aromatic carbocycles. The second-order valence-corrected chi connectivity index (χ2v) is 6.69. The van der Waals surface area contributed by atoms with Crippen molar-refractivity contribution in [3.8, 4) is 0 Å². The standard InChI is InChI=1S/C19H24N2O3/c1-13(21-18(23)24-19(2,3)4)14-8-10-15(11-9-14)17(22)16-7-5-6-12-20-16/h5-13,17,22H,1-4H3,(H,21,23)/t13-,17?/m0/s1. The van der Waals surface area contributed by atoms with Gasteiger partial charge in [0.2, 0.25) is 0 Å². The SMILES string of the molecule is C[C@H](NC(=O)OC(C)(C)C)c1ccc(C(O)c2ccccn2)cc1. The zero-order chi connectivity index (χ0) is 17.7. The molecule has 1 heterocycles. The Morgan fingerprint density at radius 1 is 1.12 bits per heavy atom. The number of carbonyl (C=O) groups excluding carboxylic acids is 1. The second kappa shape index (κ2) is 7.45. The molecule has 0 bridgehead atoms. The van der Waals surface area contributed by atoms with E-state index < -0.39 is 17.8 Å². The van der Waals surface area contributed by atoms with E-state index >= 15 is 0 Å². The number of carbonyl (C=O) groups is 1. The molecule has 2 aromatic rings. The largest absolute Gasteiger partial charge is 0.444 e. The zero-order valence-electron chi connectivity index (χ0n) is 14.5. The summed E-state index contributed by atoms with van der Waals surface area (Å²) in [5, 5.41) is 13.1. The summed E-state index contributed by atoms with van der Waals surface area (Å²) in [6, 6.07) is 12.7. The summed E-state index contributed by atoms with van der Waals surface area (Å²) in [4.78, 5) is 16.0. The highest BCUT2D eigenvalue weighted by Gasteiger charge is 2.18. The van der Waals surface area contributed by atoms with Gasteiger partial charge in [0, 0.05) is 6.20 Å². The molecule has 2 N–H and O–H groups in total. The minimum atomic E-state index is -0.769. The molecule has 128 valence electrons. The minimum Gasteiger partial charge on any atom is -0.444 e. The Balaban J connectivity index is 2.02. The average Bonchev–Trinajstić information content (AvgIpc) is 2.53. The van der Waals surface area contributed by atoms with Crippen LogP contribution in [0.15, 0.2) is 48.7 Å². The van der Waals surface area contributed by atoms with E-state index in [0.29, 0.717) is 5.69 Å². The fourth-order valence-corrected chi connectivity index (χ4v) is 2.24. The van der Waals surface area contributed by atoms with Gasteiger partial charge < -0.3 is 15.2 Å². The van der Waals surface area contributed by atoms with Crippen LogP contribution in [0.25, 0.3) is 0 Å². The van der Waals surface area contributed by atoms with Crippen molar-refractivity contribution in [3.05, 3.63) is 65.5 Å². The molecule has 0 aliphatic heterocycles. The van der Waals surface area contributed by atoms with Gasteiger partial charge in [-0.15, -0.1) is 0 Å². The molecular formula is C19H24N2O3. The van der Waals surface area contributed by atoms with E-state index in [1.807, 2.05) is 64.1 Å². The highest BCUT2D eigenvalue weighted by atomic mass is 16.6. The molecular weight excluding hydrogens is 304 g/mol. The van der Waals surface area contributed by atoms with Crippen molar-refractivity contribution < 1.29 is 14.6 Å².